The lowest BCUT2D eigenvalue weighted by molar-refractivity contribution is -0.121. The number of nitrogens with one attached hydrogen (secondary N) is 1. The highest BCUT2D eigenvalue weighted by atomic mass is 32.2. The zero-order valence-electron chi connectivity index (χ0n) is 17.7. The van der Waals surface area contributed by atoms with E-state index in [-0.39, 0.29) is 22.9 Å². The van der Waals surface area contributed by atoms with Gasteiger partial charge in [-0.05, 0) is 53.6 Å². The quantitative estimate of drug-likeness (QED) is 0.369. The zero-order valence-corrected chi connectivity index (χ0v) is 18.5. The van der Waals surface area contributed by atoms with Crippen LogP contribution in [-0.4, -0.2) is 43.6 Å². The maximum atomic E-state index is 13.2. The summed E-state index contributed by atoms with van der Waals surface area (Å²) in [5.74, 6) is -0.918. The Labute approximate surface area is 191 Å². The van der Waals surface area contributed by atoms with Gasteiger partial charge in [0.2, 0.25) is 10.0 Å². The third-order valence-corrected chi connectivity index (χ3v) is 6.39. The second-order valence-corrected chi connectivity index (χ2v) is 8.88. The van der Waals surface area contributed by atoms with Crippen LogP contribution in [0.15, 0.2) is 82.8 Å². The monoisotopic (exact) mass is 471 g/mol. The van der Waals surface area contributed by atoms with Crippen molar-refractivity contribution in [3.8, 4) is 11.5 Å². The van der Waals surface area contributed by atoms with Gasteiger partial charge in [-0.1, -0.05) is 30.3 Å². The number of aromatic hydroxyl groups is 1. The van der Waals surface area contributed by atoms with Crippen LogP contribution >= 0.6 is 0 Å². The first-order valence-electron chi connectivity index (χ1n) is 9.78. The molecule has 3 rings (SSSR count). The summed E-state index contributed by atoms with van der Waals surface area (Å²) in [7, 11) is -2.61. The summed E-state index contributed by atoms with van der Waals surface area (Å²) < 4.78 is 45.5. The smallest absolute Gasteiger partial charge is 0.255 e. The Morgan fingerprint density at radius 1 is 1.12 bits per heavy atom. The minimum absolute atomic E-state index is 0.0274. The van der Waals surface area contributed by atoms with Gasteiger partial charge in [-0.3, -0.25) is 4.79 Å². The number of benzene rings is 3. The van der Waals surface area contributed by atoms with E-state index in [4.69, 9.17) is 4.74 Å². The van der Waals surface area contributed by atoms with Gasteiger partial charge in [-0.2, -0.15) is 9.41 Å². The number of amides is 1. The maximum Gasteiger partial charge on any atom is 0.255 e. The molecule has 0 saturated carbocycles. The molecule has 3 aromatic rings. The highest BCUT2D eigenvalue weighted by Gasteiger charge is 2.26. The molecule has 0 bridgehead atoms. The number of carbonyl (C=O) groups is 1. The number of phenolic OH excluding ortho intramolecular Hbond substituents is 1. The molecule has 0 atom stereocenters. The van der Waals surface area contributed by atoms with Crippen molar-refractivity contribution >= 4 is 22.1 Å². The summed E-state index contributed by atoms with van der Waals surface area (Å²) in [5, 5.41) is 13.5. The first kappa shape index (κ1) is 23.9. The minimum Gasteiger partial charge on any atom is -0.504 e. The van der Waals surface area contributed by atoms with E-state index in [2.05, 4.69) is 10.5 Å². The molecule has 0 radical (unpaired) electrons. The summed E-state index contributed by atoms with van der Waals surface area (Å²) in [6.07, 6.45) is 1.33. The number of hydrogen-bond acceptors (Lipinski definition) is 6. The van der Waals surface area contributed by atoms with E-state index in [1.54, 1.807) is 24.3 Å². The lowest BCUT2D eigenvalue weighted by Gasteiger charge is -2.21. The van der Waals surface area contributed by atoms with Gasteiger partial charge in [-0.25, -0.2) is 18.2 Å². The second-order valence-electron chi connectivity index (χ2n) is 6.94. The molecule has 1 amide bonds. The molecule has 8 nitrogen and oxygen atoms in total. The maximum absolute atomic E-state index is 13.2. The van der Waals surface area contributed by atoms with Crippen molar-refractivity contribution in [1.29, 1.82) is 0 Å². The lowest BCUT2D eigenvalue weighted by Crippen LogP contribution is -2.39. The molecule has 0 aromatic heterocycles. The lowest BCUT2D eigenvalue weighted by atomic mass is 10.2. The van der Waals surface area contributed by atoms with Crippen molar-refractivity contribution in [2.45, 2.75) is 11.4 Å². The molecule has 0 fully saturated rings. The number of phenols is 1. The average Bonchev–Trinajstić information content (AvgIpc) is 2.81. The molecule has 3 aromatic carbocycles. The molecule has 2 N–H and O–H groups in total. The SMILES string of the molecule is COc1cc(/C=N\NC(=O)CN(Cc2ccc(F)cc2)S(=O)(=O)c2ccccc2)ccc1O. The van der Waals surface area contributed by atoms with Crippen LogP contribution in [0.4, 0.5) is 4.39 Å². The van der Waals surface area contributed by atoms with Crippen LogP contribution in [0.25, 0.3) is 0 Å². The molecule has 0 aliphatic rings. The fourth-order valence-corrected chi connectivity index (χ4v) is 4.32. The number of halogens is 1. The molecule has 172 valence electrons. The van der Waals surface area contributed by atoms with E-state index >= 15 is 0 Å². The van der Waals surface area contributed by atoms with Gasteiger partial charge in [0, 0.05) is 6.54 Å². The fourth-order valence-electron chi connectivity index (χ4n) is 2.91. The summed E-state index contributed by atoms with van der Waals surface area (Å²) in [4.78, 5) is 12.5. The van der Waals surface area contributed by atoms with Crippen LogP contribution in [0.1, 0.15) is 11.1 Å². The Morgan fingerprint density at radius 3 is 2.48 bits per heavy atom. The van der Waals surface area contributed by atoms with Crippen molar-refractivity contribution in [2.75, 3.05) is 13.7 Å². The molecule has 0 heterocycles. The number of methoxy groups -OCH3 is 1. The van der Waals surface area contributed by atoms with Gasteiger partial charge in [0.05, 0.1) is 24.8 Å². The summed E-state index contributed by atoms with van der Waals surface area (Å²) in [6.45, 7) is -0.644. The van der Waals surface area contributed by atoms with Crippen LogP contribution in [0.3, 0.4) is 0 Å². The topological polar surface area (TPSA) is 108 Å². The van der Waals surface area contributed by atoms with Crippen LogP contribution in [-0.2, 0) is 21.4 Å². The Bertz CT molecular complexity index is 1230. The van der Waals surface area contributed by atoms with Gasteiger partial charge in [-0.15, -0.1) is 0 Å². The van der Waals surface area contributed by atoms with Crippen LogP contribution in [0.5, 0.6) is 11.5 Å². The van der Waals surface area contributed by atoms with Gasteiger partial charge < -0.3 is 9.84 Å². The second kappa shape index (κ2) is 10.7. The molecule has 0 saturated heterocycles. The molecule has 0 aliphatic heterocycles. The highest BCUT2D eigenvalue weighted by molar-refractivity contribution is 7.89. The van der Waals surface area contributed by atoms with Gasteiger partial charge in [0.15, 0.2) is 11.5 Å². The standard InChI is InChI=1S/C23H22FN3O5S/c1-32-22-13-18(9-12-21(22)28)14-25-26-23(29)16-27(15-17-7-10-19(24)11-8-17)33(30,31)20-5-3-2-4-6-20/h2-14,28H,15-16H2,1H3,(H,26,29)/b25-14-. The Morgan fingerprint density at radius 2 is 1.82 bits per heavy atom. The first-order valence-corrected chi connectivity index (χ1v) is 11.2. The number of rotatable bonds is 9. The van der Waals surface area contributed by atoms with Gasteiger partial charge in [0.1, 0.15) is 5.82 Å². The Hall–Kier alpha value is -3.76. The van der Waals surface area contributed by atoms with Crippen LogP contribution in [0.2, 0.25) is 0 Å². The predicted octanol–water partition coefficient (Wildman–Crippen LogP) is 2.88. The summed E-state index contributed by atoms with van der Waals surface area (Å²) in [6, 6.07) is 17.6. The molecule has 33 heavy (non-hydrogen) atoms. The number of ether oxygens (including phenoxy) is 1. The van der Waals surface area contributed by atoms with Gasteiger partial charge in [0.25, 0.3) is 5.91 Å². The summed E-state index contributed by atoms with van der Waals surface area (Å²) >= 11 is 0. The Balaban J connectivity index is 1.76. The molecular formula is C23H22FN3O5S. The van der Waals surface area contributed by atoms with Crippen molar-refractivity contribution in [2.24, 2.45) is 5.10 Å². The third-order valence-electron chi connectivity index (χ3n) is 4.58. The number of sulfonamides is 1. The van der Waals surface area contributed by atoms with Gasteiger partial charge >= 0.3 is 0 Å². The van der Waals surface area contributed by atoms with E-state index in [9.17, 15) is 22.7 Å². The van der Waals surface area contributed by atoms with Crippen molar-refractivity contribution in [3.63, 3.8) is 0 Å². The van der Waals surface area contributed by atoms with E-state index in [1.165, 1.54) is 61.9 Å². The normalized spacial score (nSPS) is 11.6. The van der Waals surface area contributed by atoms with E-state index in [1.807, 2.05) is 0 Å². The molecule has 0 unspecified atom stereocenters. The number of hydrazone groups is 1. The van der Waals surface area contributed by atoms with Crippen molar-refractivity contribution in [3.05, 3.63) is 89.7 Å². The van der Waals surface area contributed by atoms with Crippen molar-refractivity contribution in [1.82, 2.24) is 9.73 Å². The molecule has 10 heteroatoms. The Kier molecular flexibility index (Phi) is 7.75. The van der Waals surface area contributed by atoms with Crippen molar-refractivity contribution < 1.29 is 27.4 Å². The first-order chi connectivity index (χ1) is 15.8. The number of nitrogens with zero attached hydrogens (tertiary/aromatic N) is 2. The zero-order chi connectivity index (χ0) is 23.8. The van der Waals surface area contributed by atoms with E-state index in [0.717, 1.165) is 4.31 Å². The minimum atomic E-state index is -4.01. The molecular weight excluding hydrogens is 449 g/mol. The van der Waals surface area contributed by atoms with Crippen LogP contribution < -0.4 is 10.2 Å². The summed E-state index contributed by atoms with van der Waals surface area (Å²) in [5.41, 5.74) is 3.36. The van der Waals surface area contributed by atoms with E-state index in [0.29, 0.717) is 11.1 Å². The molecule has 0 aliphatic carbocycles. The van der Waals surface area contributed by atoms with Crippen LogP contribution in [0, 0.1) is 5.82 Å². The fraction of sp³-hybridized carbons (Fsp3) is 0.130. The number of carbonyl (C=O) groups excluding carboxylic acids is 1. The third kappa shape index (κ3) is 6.37. The largest absolute Gasteiger partial charge is 0.504 e. The number of hydrogen-bond donors (Lipinski definition) is 2. The molecule has 0 spiro atoms. The average molecular weight is 472 g/mol. The van der Waals surface area contributed by atoms with E-state index < -0.39 is 28.3 Å². The predicted molar refractivity (Wildman–Crippen MR) is 121 cm³/mol. The highest BCUT2D eigenvalue weighted by Crippen LogP contribution is 2.25.